The first-order chi connectivity index (χ1) is 9.06. The number of Topliss-reactive ketones (excluding diaryl/α,β-unsaturated/α-hetero) is 1. The van der Waals surface area contributed by atoms with E-state index in [1.807, 2.05) is 18.2 Å². The molecule has 1 aliphatic rings. The molecule has 104 valence electrons. The number of nitrogens with zero attached hydrogens (tertiary/aromatic N) is 1. The molecule has 0 aliphatic heterocycles. The van der Waals surface area contributed by atoms with E-state index < -0.39 is 0 Å². The van der Waals surface area contributed by atoms with Gasteiger partial charge in [0.15, 0.2) is 5.78 Å². The van der Waals surface area contributed by atoms with E-state index >= 15 is 0 Å². The van der Waals surface area contributed by atoms with Crippen molar-refractivity contribution in [2.75, 3.05) is 20.1 Å². The van der Waals surface area contributed by atoms with Gasteiger partial charge in [-0.25, -0.2) is 0 Å². The smallest absolute Gasteiger partial charge is 0.176 e. The van der Waals surface area contributed by atoms with Gasteiger partial charge in [-0.15, -0.1) is 0 Å². The zero-order chi connectivity index (χ0) is 13.8. The van der Waals surface area contributed by atoms with Crippen LogP contribution in [0.15, 0.2) is 18.2 Å². The van der Waals surface area contributed by atoms with E-state index in [2.05, 4.69) is 25.8 Å². The Balaban J connectivity index is 1.90. The minimum Gasteiger partial charge on any atom is -0.299 e. The summed E-state index contributed by atoms with van der Waals surface area (Å²) in [6, 6.07) is 6.01. The van der Waals surface area contributed by atoms with Gasteiger partial charge in [-0.2, -0.15) is 0 Å². The van der Waals surface area contributed by atoms with Crippen LogP contribution in [0.4, 0.5) is 0 Å². The third-order valence-corrected chi connectivity index (χ3v) is 4.29. The fraction of sp³-hybridized carbons (Fsp3) is 0.588. The summed E-state index contributed by atoms with van der Waals surface area (Å²) < 4.78 is 0. The molecule has 0 heterocycles. The van der Waals surface area contributed by atoms with Gasteiger partial charge in [0.25, 0.3) is 0 Å². The van der Waals surface area contributed by atoms with Crippen LogP contribution < -0.4 is 0 Å². The Morgan fingerprint density at radius 2 is 1.89 bits per heavy atom. The third-order valence-electron chi connectivity index (χ3n) is 4.29. The first kappa shape index (κ1) is 14.3. The predicted octanol–water partition coefficient (Wildman–Crippen LogP) is 3.61. The van der Waals surface area contributed by atoms with Gasteiger partial charge >= 0.3 is 0 Å². The van der Waals surface area contributed by atoms with E-state index in [0.29, 0.717) is 6.54 Å². The Kier molecular flexibility index (Phi) is 4.76. The van der Waals surface area contributed by atoms with Crippen molar-refractivity contribution < 1.29 is 4.79 Å². The number of hydrogen-bond acceptors (Lipinski definition) is 2. The lowest BCUT2D eigenvalue weighted by molar-refractivity contribution is 0.0938. The minimum atomic E-state index is 0.239. The zero-order valence-electron chi connectivity index (χ0n) is 12.4. The van der Waals surface area contributed by atoms with Crippen LogP contribution in [0.3, 0.4) is 0 Å². The van der Waals surface area contributed by atoms with Crippen molar-refractivity contribution in [2.24, 2.45) is 5.92 Å². The summed E-state index contributed by atoms with van der Waals surface area (Å²) in [5, 5.41) is 0. The lowest BCUT2D eigenvalue weighted by Crippen LogP contribution is -2.30. The average Bonchev–Trinajstić information content (AvgIpc) is 2.85. The molecule has 1 fully saturated rings. The highest BCUT2D eigenvalue weighted by Crippen LogP contribution is 2.25. The van der Waals surface area contributed by atoms with E-state index in [4.69, 9.17) is 0 Å². The second-order valence-corrected chi connectivity index (χ2v) is 6.07. The van der Waals surface area contributed by atoms with Gasteiger partial charge in [0.1, 0.15) is 0 Å². The minimum absolute atomic E-state index is 0.239. The SMILES string of the molecule is Cc1ccc(C(=O)CN(C)CC2CCCC2)cc1C. The molecule has 1 aromatic carbocycles. The molecule has 0 spiro atoms. The second kappa shape index (κ2) is 6.33. The lowest BCUT2D eigenvalue weighted by Gasteiger charge is -2.20. The number of likely N-dealkylation sites (N-methyl/N-ethyl adjacent to an activating group) is 1. The number of carbonyl (C=O) groups excluding carboxylic acids is 1. The zero-order valence-corrected chi connectivity index (χ0v) is 12.4. The van der Waals surface area contributed by atoms with Crippen LogP contribution in [-0.2, 0) is 0 Å². The van der Waals surface area contributed by atoms with Crippen molar-refractivity contribution >= 4 is 5.78 Å². The number of benzene rings is 1. The van der Waals surface area contributed by atoms with Gasteiger partial charge < -0.3 is 0 Å². The van der Waals surface area contributed by atoms with Crippen LogP contribution in [0.1, 0.15) is 47.2 Å². The Bertz CT molecular complexity index is 447. The van der Waals surface area contributed by atoms with Crippen molar-refractivity contribution in [3.8, 4) is 0 Å². The van der Waals surface area contributed by atoms with Crippen LogP contribution in [0, 0.1) is 19.8 Å². The first-order valence-electron chi connectivity index (χ1n) is 7.35. The van der Waals surface area contributed by atoms with Crippen LogP contribution in [-0.4, -0.2) is 30.8 Å². The molecule has 0 radical (unpaired) electrons. The summed E-state index contributed by atoms with van der Waals surface area (Å²) in [6.07, 6.45) is 5.40. The van der Waals surface area contributed by atoms with Crippen LogP contribution in [0.5, 0.6) is 0 Å². The van der Waals surface area contributed by atoms with Crippen LogP contribution in [0.2, 0.25) is 0 Å². The molecule has 1 aromatic rings. The molecule has 1 saturated carbocycles. The summed E-state index contributed by atoms with van der Waals surface area (Å²) in [5.41, 5.74) is 3.29. The monoisotopic (exact) mass is 259 g/mol. The fourth-order valence-electron chi connectivity index (χ4n) is 2.95. The number of hydrogen-bond donors (Lipinski definition) is 0. The molecule has 19 heavy (non-hydrogen) atoms. The van der Waals surface area contributed by atoms with Gasteiger partial charge in [-0.1, -0.05) is 25.0 Å². The maximum atomic E-state index is 12.3. The van der Waals surface area contributed by atoms with Crippen molar-refractivity contribution in [3.05, 3.63) is 34.9 Å². The molecule has 0 bridgehead atoms. The maximum Gasteiger partial charge on any atom is 0.176 e. The topological polar surface area (TPSA) is 20.3 Å². The molecule has 2 heteroatoms. The third kappa shape index (κ3) is 3.90. The summed E-state index contributed by atoms with van der Waals surface area (Å²) in [6.45, 7) is 5.75. The average molecular weight is 259 g/mol. The first-order valence-corrected chi connectivity index (χ1v) is 7.35. The lowest BCUT2D eigenvalue weighted by atomic mass is 10.0. The number of rotatable bonds is 5. The largest absolute Gasteiger partial charge is 0.299 e. The number of ketones is 1. The van der Waals surface area contributed by atoms with Crippen LogP contribution >= 0.6 is 0 Å². The summed E-state index contributed by atoms with van der Waals surface area (Å²) >= 11 is 0. The molecule has 0 amide bonds. The van der Waals surface area contributed by atoms with E-state index in [9.17, 15) is 4.79 Å². The van der Waals surface area contributed by atoms with Crippen molar-refractivity contribution in [1.29, 1.82) is 0 Å². The number of carbonyl (C=O) groups is 1. The van der Waals surface area contributed by atoms with E-state index in [1.54, 1.807) is 0 Å². The molecule has 2 nitrogen and oxygen atoms in total. The Morgan fingerprint density at radius 3 is 2.53 bits per heavy atom. The predicted molar refractivity (Wildman–Crippen MR) is 79.7 cm³/mol. The van der Waals surface area contributed by atoms with Crippen molar-refractivity contribution in [1.82, 2.24) is 4.90 Å². The summed E-state index contributed by atoms with van der Waals surface area (Å²) in [7, 11) is 2.07. The van der Waals surface area contributed by atoms with Gasteiger partial charge in [0.05, 0.1) is 6.54 Å². The maximum absolute atomic E-state index is 12.3. The van der Waals surface area contributed by atoms with Gasteiger partial charge in [0, 0.05) is 12.1 Å². The molecule has 1 aliphatic carbocycles. The molecule has 2 rings (SSSR count). The van der Waals surface area contributed by atoms with E-state index in [0.717, 1.165) is 18.0 Å². The number of aryl methyl sites for hydroxylation is 2. The van der Waals surface area contributed by atoms with Gasteiger partial charge in [0.2, 0.25) is 0 Å². The molecule has 0 saturated heterocycles. The van der Waals surface area contributed by atoms with Gasteiger partial charge in [-0.3, -0.25) is 9.69 Å². The molecule has 0 aromatic heterocycles. The highest BCUT2D eigenvalue weighted by atomic mass is 16.1. The van der Waals surface area contributed by atoms with E-state index in [-0.39, 0.29) is 5.78 Å². The van der Waals surface area contributed by atoms with Crippen molar-refractivity contribution in [2.45, 2.75) is 39.5 Å². The summed E-state index contributed by atoms with van der Waals surface area (Å²) in [5.74, 6) is 1.04. The molecular weight excluding hydrogens is 234 g/mol. The highest BCUT2D eigenvalue weighted by molar-refractivity contribution is 5.97. The quantitative estimate of drug-likeness (QED) is 0.753. The molecule has 0 atom stereocenters. The van der Waals surface area contributed by atoms with E-state index in [1.165, 1.54) is 36.8 Å². The molecular formula is C17H25NO. The Labute approximate surface area is 116 Å². The molecule has 0 N–H and O–H groups in total. The van der Waals surface area contributed by atoms with Crippen molar-refractivity contribution in [3.63, 3.8) is 0 Å². The fourth-order valence-corrected chi connectivity index (χ4v) is 2.95. The van der Waals surface area contributed by atoms with Crippen LogP contribution in [0.25, 0.3) is 0 Å². The summed E-state index contributed by atoms with van der Waals surface area (Å²) in [4.78, 5) is 14.4. The Morgan fingerprint density at radius 1 is 1.21 bits per heavy atom. The highest BCUT2D eigenvalue weighted by Gasteiger charge is 2.18. The second-order valence-electron chi connectivity index (χ2n) is 6.07. The standard InChI is InChI=1S/C17H25NO/c1-13-8-9-16(10-14(13)2)17(19)12-18(3)11-15-6-4-5-7-15/h8-10,15H,4-7,11-12H2,1-3H3. The normalized spacial score (nSPS) is 16.2. The van der Waals surface area contributed by atoms with Gasteiger partial charge in [-0.05, 0) is 56.8 Å². The molecule has 0 unspecified atom stereocenters. The Hall–Kier alpha value is -1.15.